The summed E-state index contributed by atoms with van der Waals surface area (Å²) in [6.45, 7) is 1.86. The molecule has 4 heteroatoms. The second kappa shape index (κ2) is 5.84. The monoisotopic (exact) mass is 361 g/mol. The normalized spacial score (nSPS) is 16.0. The Morgan fingerprint density at radius 2 is 1.86 bits per heavy atom. The predicted octanol–water partition coefficient (Wildman–Crippen LogP) is 4.96. The lowest BCUT2D eigenvalue weighted by Gasteiger charge is -2.40. The Balaban J connectivity index is 1.89. The molecule has 2 nitrogen and oxygen atoms in total. The molecule has 2 aromatic rings. The van der Waals surface area contributed by atoms with E-state index in [9.17, 15) is 9.18 Å². The molecule has 0 saturated heterocycles. The topological polar surface area (TPSA) is 29.1 Å². The van der Waals surface area contributed by atoms with E-state index in [1.54, 1.807) is 6.07 Å². The molecule has 0 unspecified atom stereocenters. The fourth-order valence-corrected chi connectivity index (χ4v) is 3.18. The Bertz CT molecular complexity index is 708. The zero-order chi connectivity index (χ0) is 15.7. The van der Waals surface area contributed by atoms with E-state index < -0.39 is 5.41 Å². The number of hydrogen-bond acceptors (Lipinski definition) is 1. The highest BCUT2D eigenvalue weighted by molar-refractivity contribution is 9.10. The standard InChI is InChI=1S/C18H17BrFNO/c1-12-3-8-15(20)11-16(12)21-17(22)18(9-2-10-18)13-4-6-14(19)7-5-13/h3-8,11H,2,9-10H2,1H3,(H,21,22). The molecule has 1 fully saturated rings. The van der Waals surface area contributed by atoms with Gasteiger partial charge in [0.25, 0.3) is 0 Å². The van der Waals surface area contributed by atoms with Crippen LogP contribution in [-0.4, -0.2) is 5.91 Å². The van der Waals surface area contributed by atoms with Crippen LogP contribution in [0, 0.1) is 12.7 Å². The molecule has 1 saturated carbocycles. The van der Waals surface area contributed by atoms with Crippen molar-refractivity contribution in [3.63, 3.8) is 0 Å². The Morgan fingerprint density at radius 3 is 2.45 bits per heavy atom. The molecular formula is C18H17BrFNO. The first-order valence-electron chi connectivity index (χ1n) is 7.35. The fourth-order valence-electron chi connectivity index (χ4n) is 2.92. The number of carbonyl (C=O) groups is 1. The average molecular weight is 362 g/mol. The summed E-state index contributed by atoms with van der Waals surface area (Å²) in [4.78, 5) is 12.8. The first-order valence-corrected chi connectivity index (χ1v) is 8.14. The smallest absolute Gasteiger partial charge is 0.235 e. The number of amides is 1. The van der Waals surface area contributed by atoms with Gasteiger partial charge in [-0.05, 0) is 55.2 Å². The molecule has 0 aromatic heterocycles. The maximum absolute atomic E-state index is 13.4. The molecule has 0 bridgehead atoms. The van der Waals surface area contributed by atoms with Crippen molar-refractivity contribution in [1.82, 2.24) is 0 Å². The van der Waals surface area contributed by atoms with Gasteiger partial charge in [0.1, 0.15) is 5.82 Å². The van der Waals surface area contributed by atoms with Gasteiger partial charge in [0, 0.05) is 10.2 Å². The Kier molecular flexibility index (Phi) is 4.04. The molecule has 3 rings (SSSR count). The number of benzene rings is 2. The maximum atomic E-state index is 13.4. The van der Waals surface area contributed by atoms with Crippen LogP contribution in [0.1, 0.15) is 30.4 Å². The SMILES string of the molecule is Cc1ccc(F)cc1NC(=O)C1(c2ccc(Br)cc2)CCC1. The summed E-state index contributed by atoms with van der Waals surface area (Å²) in [6, 6.07) is 12.3. The van der Waals surface area contributed by atoms with Gasteiger partial charge in [0.05, 0.1) is 5.41 Å². The second-order valence-corrected chi connectivity index (χ2v) is 6.77. The molecule has 114 valence electrons. The van der Waals surface area contributed by atoms with E-state index in [1.165, 1.54) is 12.1 Å². The van der Waals surface area contributed by atoms with Crippen LogP contribution in [0.3, 0.4) is 0 Å². The molecule has 1 aliphatic rings. The van der Waals surface area contributed by atoms with Crippen molar-refractivity contribution in [3.8, 4) is 0 Å². The molecule has 2 aromatic carbocycles. The Labute approximate surface area is 137 Å². The summed E-state index contributed by atoms with van der Waals surface area (Å²) >= 11 is 3.42. The molecule has 0 spiro atoms. The molecule has 0 heterocycles. The van der Waals surface area contributed by atoms with Gasteiger partial charge < -0.3 is 5.32 Å². The summed E-state index contributed by atoms with van der Waals surface area (Å²) in [5.74, 6) is -0.387. The Morgan fingerprint density at radius 1 is 1.18 bits per heavy atom. The lowest BCUT2D eigenvalue weighted by molar-refractivity contribution is -0.124. The van der Waals surface area contributed by atoms with Gasteiger partial charge in [-0.15, -0.1) is 0 Å². The van der Waals surface area contributed by atoms with E-state index in [1.807, 2.05) is 31.2 Å². The summed E-state index contributed by atoms with van der Waals surface area (Å²) in [5.41, 5.74) is 1.95. The van der Waals surface area contributed by atoms with Crippen LogP contribution in [0.25, 0.3) is 0 Å². The molecular weight excluding hydrogens is 345 g/mol. The fraction of sp³-hybridized carbons (Fsp3) is 0.278. The quantitative estimate of drug-likeness (QED) is 0.822. The van der Waals surface area contributed by atoms with Gasteiger partial charge >= 0.3 is 0 Å². The predicted molar refractivity (Wildman–Crippen MR) is 89.4 cm³/mol. The van der Waals surface area contributed by atoms with E-state index in [0.29, 0.717) is 5.69 Å². The highest BCUT2D eigenvalue weighted by Gasteiger charge is 2.45. The third kappa shape index (κ3) is 2.68. The van der Waals surface area contributed by atoms with E-state index in [0.717, 1.165) is 34.9 Å². The zero-order valence-electron chi connectivity index (χ0n) is 12.3. The highest BCUT2D eigenvalue weighted by atomic mass is 79.9. The van der Waals surface area contributed by atoms with Crippen LogP contribution in [0.2, 0.25) is 0 Å². The molecule has 0 radical (unpaired) electrons. The number of carbonyl (C=O) groups excluding carboxylic acids is 1. The summed E-state index contributed by atoms with van der Waals surface area (Å²) in [7, 11) is 0. The second-order valence-electron chi connectivity index (χ2n) is 5.86. The molecule has 1 aliphatic carbocycles. The molecule has 1 N–H and O–H groups in total. The first kappa shape index (κ1) is 15.2. The van der Waals surface area contributed by atoms with Crippen molar-refractivity contribution in [1.29, 1.82) is 0 Å². The number of anilines is 1. The third-order valence-electron chi connectivity index (χ3n) is 4.49. The van der Waals surface area contributed by atoms with Crippen molar-refractivity contribution in [3.05, 3.63) is 63.9 Å². The van der Waals surface area contributed by atoms with E-state index >= 15 is 0 Å². The van der Waals surface area contributed by atoms with E-state index in [2.05, 4.69) is 21.2 Å². The molecule has 0 atom stereocenters. The summed E-state index contributed by atoms with van der Waals surface area (Å²) < 4.78 is 14.4. The number of aryl methyl sites for hydroxylation is 1. The van der Waals surface area contributed by atoms with Crippen LogP contribution in [0.5, 0.6) is 0 Å². The minimum Gasteiger partial charge on any atom is -0.325 e. The van der Waals surface area contributed by atoms with E-state index in [-0.39, 0.29) is 11.7 Å². The molecule has 0 aliphatic heterocycles. The lowest BCUT2D eigenvalue weighted by Crippen LogP contribution is -2.46. The van der Waals surface area contributed by atoms with Crippen LogP contribution in [0.15, 0.2) is 46.9 Å². The van der Waals surface area contributed by atoms with Crippen LogP contribution < -0.4 is 5.32 Å². The van der Waals surface area contributed by atoms with Crippen molar-refractivity contribution in [2.24, 2.45) is 0 Å². The minimum absolute atomic E-state index is 0.0465. The third-order valence-corrected chi connectivity index (χ3v) is 5.02. The Hall–Kier alpha value is -1.68. The number of halogens is 2. The van der Waals surface area contributed by atoms with Crippen LogP contribution >= 0.6 is 15.9 Å². The van der Waals surface area contributed by atoms with Gasteiger partial charge in [-0.2, -0.15) is 0 Å². The van der Waals surface area contributed by atoms with Crippen LogP contribution in [0.4, 0.5) is 10.1 Å². The van der Waals surface area contributed by atoms with Gasteiger partial charge in [-0.3, -0.25) is 4.79 Å². The number of rotatable bonds is 3. The molecule has 1 amide bonds. The van der Waals surface area contributed by atoms with Crippen LogP contribution in [-0.2, 0) is 10.2 Å². The highest BCUT2D eigenvalue weighted by Crippen LogP contribution is 2.45. The van der Waals surface area contributed by atoms with Gasteiger partial charge in [0.2, 0.25) is 5.91 Å². The van der Waals surface area contributed by atoms with Crippen molar-refractivity contribution < 1.29 is 9.18 Å². The summed E-state index contributed by atoms with van der Waals surface area (Å²) in [5, 5.41) is 2.92. The number of nitrogens with one attached hydrogen (secondary N) is 1. The van der Waals surface area contributed by atoms with E-state index in [4.69, 9.17) is 0 Å². The van der Waals surface area contributed by atoms with Crippen molar-refractivity contribution in [2.75, 3.05) is 5.32 Å². The van der Waals surface area contributed by atoms with Gasteiger partial charge in [-0.1, -0.05) is 40.5 Å². The van der Waals surface area contributed by atoms with Crippen molar-refractivity contribution in [2.45, 2.75) is 31.6 Å². The molecule has 22 heavy (non-hydrogen) atoms. The maximum Gasteiger partial charge on any atom is 0.235 e. The zero-order valence-corrected chi connectivity index (χ0v) is 13.9. The minimum atomic E-state index is -0.487. The lowest BCUT2D eigenvalue weighted by atomic mass is 9.64. The van der Waals surface area contributed by atoms with Gasteiger partial charge in [-0.25, -0.2) is 4.39 Å². The average Bonchev–Trinajstić information content (AvgIpc) is 2.44. The first-order chi connectivity index (χ1) is 10.5. The summed E-state index contributed by atoms with van der Waals surface area (Å²) in [6.07, 6.45) is 2.69. The van der Waals surface area contributed by atoms with Crippen molar-refractivity contribution >= 4 is 27.5 Å². The largest absolute Gasteiger partial charge is 0.325 e. The van der Waals surface area contributed by atoms with Gasteiger partial charge in [0.15, 0.2) is 0 Å². The number of hydrogen-bond donors (Lipinski definition) is 1.